The minimum absolute atomic E-state index is 0.0677. The van der Waals surface area contributed by atoms with Gasteiger partial charge in [-0.15, -0.1) is 0 Å². The van der Waals surface area contributed by atoms with Crippen molar-refractivity contribution in [2.24, 2.45) is 0 Å². The zero-order chi connectivity index (χ0) is 13.0. The molecule has 0 aliphatic rings. The van der Waals surface area contributed by atoms with Crippen molar-refractivity contribution < 1.29 is 4.79 Å². The Kier molecular flexibility index (Phi) is 3.57. The normalized spacial score (nSPS) is 11.8. The predicted molar refractivity (Wildman–Crippen MR) is 71.0 cm³/mol. The van der Waals surface area contributed by atoms with Gasteiger partial charge in [0.2, 0.25) is 0 Å². The van der Waals surface area contributed by atoms with Crippen LogP contribution in [0.4, 0.5) is 5.69 Å². The van der Waals surface area contributed by atoms with Crippen molar-refractivity contribution in [3.63, 3.8) is 0 Å². The lowest BCUT2D eigenvalue weighted by Crippen LogP contribution is -2.26. The Morgan fingerprint density at radius 1 is 1.28 bits per heavy atom. The van der Waals surface area contributed by atoms with Crippen molar-refractivity contribution >= 4 is 11.6 Å². The molecule has 1 amide bonds. The lowest BCUT2D eigenvalue weighted by Gasteiger charge is -2.14. The third-order valence-corrected chi connectivity index (χ3v) is 2.70. The smallest absolute Gasteiger partial charge is 0.251 e. The topological polar surface area (TPSA) is 68.0 Å². The number of nitrogens with two attached hydrogens (primary N) is 1. The molecule has 1 aromatic heterocycles. The van der Waals surface area contributed by atoms with Crippen LogP contribution in [0.15, 0.2) is 48.8 Å². The fourth-order valence-corrected chi connectivity index (χ4v) is 1.70. The number of pyridine rings is 1. The van der Waals surface area contributed by atoms with Gasteiger partial charge in [-0.3, -0.25) is 9.78 Å². The summed E-state index contributed by atoms with van der Waals surface area (Å²) < 4.78 is 0. The highest BCUT2D eigenvalue weighted by Gasteiger charge is 2.11. The zero-order valence-electron chi connectivity index (χ0n) is 10.1. The Balaban J connectivity index is 2.08. The number of aromatic nitrogens is 1. The van der Waals surface area contributed by atoms with E-state index < -0.39 is 0 Å². The number of carbonyl (C=O) groups excluding carboxylic acids is 1. The lowest BCUT2D eigenvalue weighted by atomic mass is 10.1. The van der Waals surface area contributed by atoms with Crippen LogP contribution in [0.3, 0.4) is 0 Å². The van der Waals surface area contributed by atoms with Crippen LogP contribution in [0, 0.1) is 0 Å². The molecule has 4 nitrogen and oxygen atoms in total. The van der Waals surface area contributed by atoms with Crippen LogP contribution in [0.25, 0.3) is 0 Å². The second-order valence-corrected chi connectivity index (χ2v) is 4.10. The van der Waals surface area contributed by atoms with Gasteiger partial charge >= 0.3 is 0 Å². The van der Waals surface area contributed by atoms with E-state index in [0.29, 0.717) is 11.3 Å². The summed E-state index contributed by atoms with van der Waals surface area (Å²) in [5, 5.41) is 2.92. The van der Waals surface area contributed by atoms with Crippen molar-refractivity contribution in [3.8, 4) is 0 Å². The number of nitrogens with zero attached hydrogens (tertiary/aromatic N) is 1. The quantitative estimate of drug-likeness (QED) is 0.809. The summed E-state index contributed by atoms with van der Waals surface area (Å²) in [6.45, 7) is 1.93. The highest BCUT2D eigenvalue weighted by Crippen LogP contribution is 2.12. The maximum absolute atomic E-state index is 12.0. The molecule has 0 aliphatic carbocycles. The van der Waals surface area contributed by atoms with Gasteiger partial charge in [-0.2, -0.15) is 0 Å². The number of benzene rings is 1. The van der Waals surface area contributed by atoms with E-state index in [0.717, 1.165) is 5.56 Å². The van der Waals surface area contributed by atoms with Crippen LogP contribution in [0.2, 0.25) is 0 Å². The third kappa shape index (κ3) is 2.85. The zero-order valence-corrected chi connectivity index (χ0v) is 10.1. The molecule has 2 rings (SSSR count). The summed E-state index contributed by atoms with van der Waals surface area (Å²) in [5.41, 5.74) is 7.81. The largest absolute Gasteiger partial charge is 0.399 e. The molecule has 3 N–H and O–H groups in total. The van der Waals surface area contributed by atoms with Crippen molar-refractivity contribution in [2.75, 3.05) is 5.73 Å². The summed E-state index contributed by atoms with van der Waals surface area (Å²) in [6.07, 6.45) is 3.41. The summed E-state index contributed by atoms with van der Waals surface area (Å²) in [6, 6.07) is 10.6. The van der Waals surface area contributed by atoms with E-state index in [2.05, 4.69) is 10.3 Å². The van der Waals surface area contributed by atoms with Gasteiger partial charge in [-0.05, 0) is 42.8 Å². The molecule has 1 atom stereocenters. The van der Waals surface area contributed by atoms with Gasteiger partial charge in [-0.1, -0.05) is 6.07 Å². The molecule has 4 heteroatoms. The highest BCUT2D eigenvalue weighted by molar-refractivity contribution is 5.95. The minimum Gasteiger partial charge on any atom is -0.399 e. The molecule has 0 aliphatic heterocycles. The molecule has 18 heavy (non-hydrogen) atoms. The van der Waals surface area contributed by atoms with Crippen molar-refractivity contribution in [1.82, 2.24) is 10.3 Å². The van der Waals surface area contributed by atoms with Crippen LogP contribution in [0.5, 0.6) is 0 Å². The minimum atomic E-state index is -0.133. The fourth-order valence-electron chi connectivity index (χ4n) is 1.70. The number of nitrogens with one attached hydrogen (secondary N) is 1. The van der Waals surface area contributed by atoms with Gasteiger partial charge in [0, 0.05) is 23.6 Å². The van der Waals surface area contributed by atoms with Gasteiger partial charge in [0.05, 0.1) is 6.04 Å². The van der Waals surface area contributed by atoms with Crippen LogP contribution in [0.1, 0.15) is 28.9 Å². The summed E-state index contributed by atoms with van der Waals surface area (Å²) in [7, 11) is 0. The molecule has 2 aromatic rings. The molecule has 0 radical (unpaired) electrons. The van der Waals surface area contributed by atoms with Gasteiger partial charge in [0.15, 0.2) is 0 Å². The molecule has 92 valence electrons. The first-order chi connectivity index (χ1) is 8.66. The van der Waals surface area contributed by atoms with Gasteiger partial charge in [0.25, 0.3) is 5.91 Å². The molecule has 1 aromatic carbocycles. The molecular weight excluding hydrogens is 226 g/mol. The number of amides is 1. The third-order valence-electron chi connectivity index (χ3n) is 2.70. The van der Waals surface area contributed by atoms with E-state index in [4.69, 9.17) is 5.73 Å². The van der Waals surface area contributed by atoms with E-state index >= 15 is 0 Å². The van der Waals surface area contributed by atoms with Crippen LogP contribution in [-0.4, -0.2) is 10.9 Å². The maximum Gasteiger partial charge on any atom is 0.251 e. The average Bonchev–Trinajstić information content (AvgIpc) is 2.39. The van der Waals surface area contributed by atoms with E-state index in [1.807, 2.05) is 19.1 Å². The van der Waals surface area contributed by atoms with E-state index in [1.165, 1.54) is 0 Å². The number of nitrogen functional groups attached to an aromatic ring is 1. The molecular formula is C14H15N3O. The fraction of sp³-hybridized carbons (Fsp3) is 0.143. The van der Waals surface area contributed by atoms with Crippen LogP contribution < -0.4 is 11.1 Å². The number of rotatable bonds is 3. The monoisotopic (exact) mass is 241 g/mol. The predicted octanol–water partition coefficient (Wildman–Crippen LogP) is 2.15. The van der Waals surface area contributed by atoms with E-state index in [1.54, 1.807) is 36.7 Å². The standard InChI is InChI=1S/C14H15N3O/c1-10(11-5-7-16-8-6-11)17-14(18)12-3-2-4-13(15)9-12/h2-10H,15H2,1H3,(H,17,18)/t10-/m1/s1. The van der Waals surface area contributed by atoms with Crippen molar-refractivity contribution in [2.45, 2.75) is 13.0 Å². The van der Waals surface area contributed by atoms with Crippen molar-refractivity contribution in [3.05, 3.63) is 59.9 Å². The SMILES string of the molecule is C[C@@H](NC(=O)c1cccc(N)c1)c1ccncc1. The Bertz CT molecular complexity index is 540. The average molecular weight is 241 g/mol. The molecule has 0 saturated heterocycles. The van der Waals surface area contributed by atoms with Crippen LogP contribution >= 0.6 is 0 Å². The van der Waals surface area contributed by atoms with Gasteiger partial charge < -0.3 is 11.1 Å². The highest BCUT2D eigenvalue weighted by atomic mass is 16.1. The van der Waals surface area contributed by atoms with Gasteiger partial charge in [-0.25, -0.2) is 0 Å². The molecule has 0 fully saturated rings. The molecule has 0 spiro atoms. The van der Waals surface area contributed by atoms with Crippen LogP contribution in [-0.2, 0) is 0 Å². The number of hydrogen-bond donors (Lipinski definition) is 2. The molecule has 0 unspecified atom stereocenters. The van der Waals surface area contributed by atoms with Gasteiger partial charge in [0.1, 0.15) is 0 Å². The first kappa shape index (κ1) is 12.1. The second-order valence-electron chi connectivity index (χ2n) is 4.10. The molecule has 1 heterocycles. The summed E-state index contributed by atoms with van der Waals surface area (Å²) >= 11 is 0. The second kappa shape index (κ2) is 5.31. The van der Waals surface area contributed by atoms with E-state index in [-0.39, 0.29) is 11.9 Å². The molecule has 0 saturated carbocycles. The summed E-state index contributed by atoms with van der Waals surface area (Å²) in [4.78, 5) is 15.9. The van der Waals surface area contributed by atoms with E-state index in [9.17, 15) is 4.79 Å². The Hall–Kier alpha value is -2.36. The number of anilines is 1. The Labute approximate surface area is 106 Å². The lowest BCUT2D eigenvalue weighted by molar-refractivity contribution is 0.0940. The molecule has 0 bridgehead atoms. The number of carbonyl (C=O) groups is 1. The Morgan fingerprint density at radius 3 is 2.67 bits per heavy atom. The first-order valence-corrected chi connectivity index (χ1v) is 5.73. The van der Waals surface area contributed by atoms with Crippen molar-refractivity contribution in [1.29, 1.82) is 0 Å². The summed E-state index contributed by atoms with van der Waals surface area (Å²) in [5.74, 6) is -0.133. The Morgan fingerprint density at radius 2 is 2.00 bits per heavy atom. The maximum atomic E-state index is 12.0. The first-order valence-electron chi connectivity index (χ1n) is 5.73. The number of hydrogen-bond acceptors (Lipinski definition) is 3.